The summed E-state index contributed by atoms with van der Waals surface area (Å²) in [6, 6.07) is 17.0. The van der Waals surface area contributed by atoms with Gasteiger partial charge in [0.15, 0.2) is 0 Å². The quantitative estimate of drug-likeness (QED) is 0.674. The first-order valence-corrected chi connectivity index (χ1v) is 6.24. The molecule has 0 fully saturated rings. The molecule has 0 aliphatic heterocycles. The topological polar surface area (TPSA) is 52.3 Å². The molecule has 2 aromatic carbocycles. The van der Waals surface area contributed by atoms with Crippen LogP contribution in [0.4, 0.5) is 5.69 Å². The van der Waals surface area contributed by atoms with Gasteiger partial charge in [-0.25, -0.2) is 0 Å². The summed E-state index contributed by atoms with van der Waals surface area (Å²) >= 11 is 0. The lowest BCUT2D eigenvalue weighted by Gasteiger charge is -2.13. The molecule has 0 heterocycles. The van der Waals surface area contributed by atoms with Gasteiger partial charge < -0.3 is 10.5 Å². The van der Waals surface area contributed by atoms with E-state index in [1.807, 2.05) is 49.4 Å². The molecule has 98 valence electrons. The second kappa shape index (κ2) is 6.05. The summed E-state index contributed by atoms with van der Waals surface area (Å²) in [6.45, 7) is 1.87. The molecule has 1 unspecified atom stereocenters. The molecule has 2 aromatic rings. The third-order valence-electron chi connectivity index (χ3n) is 2.88. The zero-order valence-electron chi connectivity index (χ0n) is 10.9. The van der Waals surface area contributed by atoms with Crippen molar-refractivity contribution in [3.63, 3.8) is 0 Å². The average Bonchev–Trinajstić information content (AvgIpc) is 2.39. The maximum absolute atomic E-state index is 11.8. The monoisotopic (exact) mass is 255 g/mol. The highest BCUT2D eigenvalue weighted by Crippen LogP contribution is 2.17. The summed E-state index contributed by atoms with van der Waals surface area (Å²) in [7, 11) is 0. The van der Waals surface area contributed by atoms with E-state index < -0.39 is 0 Å². The Bertz CT molecular complexity index is 552. The molecular weight excluding hydrogens is 238 g/mol. The fraction of sp³-hybridized carbons (Fsp3) is 0.188. The van der Waals surface area contributed by atoms with E-state index in [2.05, 4.69) is 0 Å². The molecule has 3 nitrogen and oxygen atoms in total. The molecule has 2 N–H and O–H groups in total. The van der Waals surface area contributed by atoms with Crippen LogP contribution in [-0.2, 0) is 16.0 Å². The van der Waals surface area contributed by atoms with Crippen LogP contribution in [0.25, 0.3) is 0 Å². The number of nitrogens with two attached hydrogens (primary N) is 1. The molecule has 0 radical (unpaired) electrons. The first-order chi connectivity index (χ1) is 9.15. The summed E-state index contributed by atoms with van der Waals surface area (Å²) in [6.07, 6.45) is -0.00266. The van der Waals surface area contributed by atoms with Gasteiger partial charge in [0.25, 0.3) is 0 Å². The van der Waals surface area contributed by atoms with Crippen molar-refractivity contribution in [1.29, 1.82) is 0 Å². The van der Waals surface area contributed by atoms with Crippen LogP contribution in [0.2, 0.25) is 0 Å². The van der Waals surface area contributed by atoms with Crippen molar-refractivity contribution in [3.8, 4) is 0 Å². The maximum Gasteiger partial charge on any atom is 0.310 e. The van der Waals surface area contributed by atoms with Gasteiger partial charge in [-0.3, -0.25) is 4.79 Å². The minimum atomic E-state index is -0.248. The summed E-state index contributed by atoms with van der Waals surface area (Å²) in [5, 5.41) is 0. The number of anilines is 1. The molecule has 0 aliphatic carbocycles. The number of carbonyl (C=O) groups is 1. The van der Waals surface area contributed by atoms with E-state index in [4.69, 9.17) is 10.5 Å². The summed E-state index contributed by atoms with van der Waals surface area (Å²) in [5.41, 5.74) is 8.18. The smallest absolute Gasteiger partial charge is 0.310 e. The second-order valence-electron chi connectivity index (χ2n) is 4.46. The number of rotatable bonds is 4. The van der Waals surface area contributed by atoms with E-state index in [1.54, 1.807) is 12.1 Å². The van der Waals surface area contributed by atoms with Crippen LogP contribution >= 0.6 is 0 Å². The fourth-order valence-electron chi connectivity index (χ4n) is 1.90. The molecule has 2 rings (SSSR count). The van der Waals surface area contributed by atoms with Crippen LogP contribution in [0.1, 0.15) is 24.2 Å². The Balaban J connectivity index is 1.95. The summed E-state index contributed by atoms with van der Waals surface area (Å²) < 4.78 is 5.40. The molecule has 0 bridgehead atoms. The number of hydrogen-bond acceptors (Lipinski definition) is 3. The van der Waals surface area contributed by atoms with Gasteiger partial charge in [-0.2, -0.15) is 0 Å². The number of esters is 1. The van der Waals surface area contributed by atoms with Gasteiger partial charge in [-0.05, 0) is 30.2 Å². The van der Waals surface area contributed by atoms with Crippen molar-refractivity contribution in [1.82, 2.24) is 0 Å². The molecule has 0 spiro atoms. The molecular formula is C16H17NO2. The normalized spacial score (nSPS) is 11.8. The van der Waals surface area contributed by atoms with Crippen molar-refractivity contribution in [2.24, 2.45) is 0 Å². The molecule has 0 saturated carbocycles. The highest BCUT2D eigenvalue weighted by molar-refractivity contribution is 5.73. The first kappa shape index (κ1) is 13.1. The Kier molecular flexibility index (Phi) is 4.18. The van der Waals surface area contributed by atoms with Crippen molar-refractivity contribution in [2.75, 3.05) is 5.73 Å². The summed E-state index contributed by atoms with van der Waals surface area (Å²) in [5.74, 6) is -0.248. The van der Waals surface area contributed by atoms with Crippen molar-refractivity contribution < 1.29 is 9.53 Å². The Labute approximate surface area is 113 Å². The molecule has 19 heavy (non-hydrogen) atoms. The standard InChI is InChI=1S/C16H17NO2/c1-12(14-7-3-2-4-8-14)19-16(18)11-13-6-5-9-15(17)10-13/h2-10,12H,11,17H2,1H3. The fourth-order valence-corrected chi connectivity index (χ4v) is 1.90. The van der Waals surface area contributed by atoms with Crippen LogP contribution in [0, 0.1) is 0 Å². The van der Waals surface area contributed by atoms with Crippen LogP contribution in [0.15, 0.2) is 54.6 Å². The SMILES string of the molecule is CC(OC(=O)Cc1cccc(N)c1)c1ccccc1. The Morgan fingerprint density at radius 2 is 1.89 bits per heavy atom. The number of carbonyl (C=O) groups excluding carboxylic acids is 1. The lowest BCUT2D eigenvalue weighted by atomic mass is 10.1. The Morgan fingerprint density at radius 1 is 1.16 bits per heavy atom. The third kappa shape index (κ3) is 3.85. The zero-order valence-corrected chi connectivity index (χ0v) is 10.9. The van der Waals surface area contributed by atoms with Gasteiger partial charge in [0.1, 0.15) is 6.10 Å². The predicted octanol–water partition coefficient (Wildman–Crippen LogP) is 3.12. The molecule has 1 atom stereocenters. The summed E-state index contributed by atoms with van der Waals surface area (Å²) in [4.78, 5) is 11.8. The number of benzene rings is 2. The molecule has 0 aliphatic rings. The van der Waals surface area contributed by atoms with Crippen molar-refractivity contribution >= 4 is 11.7 Å². The van der Waals surface area contributed by atoms with Crippen LogP contribution in [0.5, 0.6) is 0 Å². The minimum Gasteiger partial charge on any atom is -0.458 e. The molecule has 3 heteroatoms. The Morgan fingerprint density at radius 3 is 2.58 bits per heavy atom. The largest absolute Gasteiger partial charge is 0.458 e. The van der Waals surface area contributed by atoms with Gasteiger partial charge >= 0.3 is 5.97 Å². The van der Waals surface area contributed by atoms with Crippen molar-refractivity contribution in [3.05, 3.63) is 65.7 Å². The lowest BCUT2D eigenvalue weighted by molar-refractivity contribution is -0.147. The van der Waals surface area contributed by atoms with Crippen molar-refractivity contribution in [2.45, 2.75) is 19.4 Å². The van der Waals surface area contributed by atoms with Crippen LogP contribution in [0.3, 0.4) is 0 Å². The zero-order chi connectivity index (χ0) is 13.7. The van der Waals surface area contributed by atoms with Gasteiger partial charge in [-0.15, -0.1) is 0 Å². The lowest BCUT2D eigenvalue weighted by Crippen LogP contribution is -2.11. The highest BCUT2D eigenvalue weighted by atomic mass is 16.5. The highest BCUT2D eigenvalue weighted by Gasteiger charge is 2.11. The third-order valence-corrected chi connectivity index (χ3v) is 2.88. The van der Waals surface area contributed by atoms with Crippen LogP contribution in [-0.4, -0.2) is 5.97 Å². The maximum atomic E-state index is 11.8. The van der Waals surface area contributed by atoms with E-state index in [0.717, 1.165) is 11.1 Å². The average molecular weight is 255 g/mol. The van der Waals surface area contributed by atoms with E-state index >= 15 is 0 Å². The minimum absolute atomic E-state index is 0.238. The van der Waals surface area contributed by atoms with Crippen LogP contribution < -0.4 is 5.73 Å². The van der Waals surface area contributed by atoms with Gasteiger partial charge in [0.2, 0.25) is 0 Å². The van der Waals surface area contributed by atoms with E-state index in [-0.39, 0.29) is 18.5 Å². The first-order valence-electron chi connectivity index (χ1n) is 6.24. The van der Waals surface area contributed by atoms with Gasteiger partial charge in [-0.1, -0.05) is 42.5 Å². The van der Waals surface area contributed by atoms with E-state index in [9.17, 15) is 4.79 Å². The van der Waals surface area contributed by atoms with E-state index in [0.29, 0.717) is 5.69 Å². The van der Waals surface area contributed by atoms with E-state index in [1.165, 1.54) is 0 Å². The number of nitrogen functional groups attached to an aromatic ring is 1. The van der Waals surface area contributed by atoms with Gasteiger partial charge in [0, 0.05) is 5.69 Å². The number of hydrogen-bond donors (Lipinski definition) is 1. The molecule has 0 amide bonds. The second-order valence-corrected chi connectivity index (χ2v) is 4.46. The molecule has 0 saturated heterocycles. The Hall–Kier alpha value is -2.29. The van der Waals surface area contributed by atoms with Gasteiger partial charge in [0.05, 0.1) is 6.42 Å². The predicted molar refractivity (Wildman–Crippen MR) is 75.5 cm³/mol. The number of ether oxygens (including phenoxy) is 1. The molecule has 0 aromatic heterocycles.